The van der Waals surface area contributed by atoms with Gasteiger partial charge in [0.25, 0.3) is 0 Å². The van der Waals surface area contributed by atoms with Gasteiger partial charge in [-0.3, -0.25) is 4.98 Å². The summed E-state index contributed by atoms with van der Waals surface area (Å²) < 4.78 is 0. The number of anilines is 2. The van der Waals surface area contributed by atoms with Crippen molar-refractivity contribution in [3.05, 3.63) is 36.7 Å². The number of nitrogens with one attached hydrogen (secondary N) is 1. The van der Waals surface area contributed by atoms with E-state index in [9.17, 15) is 0 Å². The first-order valence-corrected chi connectivity index (χ1v) is 9.51. The molecule has 1 atom stereocenters. The van der Waals surface area contributed by atoms with Gasteiger partial charge in [-0.15, -0.1) is 0 Å². The molecule has 27 heavy (non-hydrogen) atoms. The van der Waals surface area contributed by atoms with Crippen molar-refractivity contribution in [1.82, 2.24) is 24.9 Å². The predicted octanol–water partition coefficient (Wildman–Crippen LogP) is 1.80. The summed E-state index contributed by atoms with van der Waals surface area (Å²) in [6.45, 7) is 1.86. The Morgan fingerprint density at radius 1 is 1.22 bits per heavy atom. The van der Waals surface area contributed by atoms with Gasteiger partial charge in [0.1, 0.15) is 23.6 Å². The van der Waals surface area contributed by atoms with E-state index in [0.29, 0.717) is 6.04 Å². The molecule has 1 saturated carbocycles. The van der Waals surface area contributed by atoms with Gasteiger partial charge in [0.15, 0.2) is 0 Å². The maximum Gasteiger partial charge on any atom is 0.147 e. The molecule has 3 aromatic heterocycles. The van der Waals surface area contributed by atoms with Gasteiger partial charge < -0.3 is 20.5 Å². The van der Waals surface area contributed by atoms with Gasteiger partial charge in [0.05, 0.1) is 29.0 Å². The van der Waals surface area contributed by atoms with Crippen LogP contribution < -0.4 is 15.5 Å². The van der Waals surface area contributed by atoms with Crippen LogP contribution in [0.5, 0.6) is 0 Å². The zero-order valence-electron chi connectivity index (χ0n) is 15.5. The van der Waals surface area contributed by atoms with Gasteiger partial charge in [-0.25, -0.2) is 15.0 Å². The Hall–Kier alpha value is -2.74. The van der Waals surface area contributed by atoms with Crippen LogP contribution in [0.3, 0.4) is 0 Å². The van der Waals surface area contributed by atoms with Crippen LogP contribution in [0.1, 0.15) is 31.4 Å². The maximum absolute atomic E-state index is 6.35. The van der Waals surface area contributed by atoms with E-state index in [1.165, 1.54) is 6.42 Å². The standard InChI is InChI=1S/C19H24N8/c1-26(16-10-22-15(9-23-16)19(20)5-2-6-19)13-4-8-27(11-13)18-14-3-7-21-17(14)24-12-25-18/h3,7,9-10,12-13H,2,4-6,8,11,20H2,1H3,(H,21,24,25)/t13-/m1/s1. The number of nitrogens with zero attached hydrogens (tertiary/aromatic N) is 6. The monoisotopic (exact) mass is 364 g/mol. The Morgan fingerprint density at radius 3 is 2.85 bits per heavy atom. The van der Waals surface area contributed by atoms with Crippen LogP contribution in [0.2, 0.25) is 0 Å². The first-order valence-electron chi connectivity index (χ1n) is 9.51. The third kappa shape index (κ3) is 2.71. The zero-order valence-corrected chi connectivity index (χ0v) is 15.5. The van der Waals surface area contributed by atoms with Crippen LogP contribution in [0, 0.1) is 0 Å². The Labute approximate surface area is 157 Å². The number of fused-ring (bicyclic) bond motifs is 1. The minimum absolute atomic E-state index is 0.261. The molecule has 1 saturated heterocycles. The molecule has 3 N–H and O–H groups in total. The molecule has 2 fully saturated rings. The number of aromatic nitrogens is 5. The van der Waals surface area contributed by atoms with Crippen molar-refractivity contribution in [2.45, 2.75) is 37.3 Å². The number of rotatable bonds is 4. The Bertz CT molecular complexity index is 946. The van der Waals surface area contributed by atoms with Crippen LogP contribution in [-0.4, -0.2) is 51.1 Å². The summed E-state index contributed by atoms with van der Waals surface area (Å²) in [5, 5.41) is 1.07. The molecule has 0 spiro atoms. The molecule has 3 aromatic rings. The number of aromatic amines is 1. The number of hydrogen-bond acceptors (Lipinski definition) is 7. The SMILES string of the molecule is CN(c1cnc(C2(N)CCC2)cn1)[C@@H]1CCN(c2ncnc3[nH]ccc23)C1. The van der Waals surface area contributed by atoms with Gasteiger partial charge in [-0.2, -0.15) is 0 Å². The van der Waals surface area contributed by atoms with Crippen molar-refractivity contribution < 1.29 is 0 Å². The van der Waals surface area contributed by atoms with Gasteiger partial charge in [0.2, 0.25) is 0 Å². The highest BCUT2D eigenvalue weighted by atomic mass is 15.3. The Morgan fingerprint density at radius 2 is 2.11 bits per heavy atom. The topological polar surface area (TPSA) is 99.9 Å². The fourth-order valence-corrected chi connectivity index (χ4v) is 4.12. The van der Waals surface area contributed by atoms with E-state index in [0.717, 1.165) is 60.7 Å². The number of likely N-dealkylation sites (N-methyl/N-ethyl adjacent to an activating group) is 1. The summed E-state index contributed by atoms with van der Waals surface area (Å²) in [6, 6.07) is 2.40. The van der Waals surface area contributed by atoms with Gasteiger partial charge >= 0.3 is 0 Å². The van der Waals surface area contributed by atoms with Crippen molar-refractivity contribution in [1.29, 1.82) is 0 Å². The van der Waals surface area contributed by atoms with E-state index >= 15 is 0 Å². The van der Waals surface area contributed by atoms with Crippen molar-refractivity contribution in [3.8, 4) is 0 Å². The summed E-state index contributed by atoms with van der Waals surface area (Å²) in [6.07, 6.45) is 11.5. The molecule has 8 nitrogen and oxygen atoms in total. The van der Waals surface area contributed by atoms with Crippen LogP contribution in [0.4, 0.5) is 11.6 Å². The fraction of sp³-hybridized carbons (Fsp3) is 0.474. The highest BCUT2D eigenvalue weighted by molar-refractivity contribution is 5.87. The molecule has 0 aromatic carbocycles. The van der Waals surface area contributed by atoms with Crippen molar-refractivity contribution in [2.75, 3.05) is 29.9 Å². The minimum Gasteiger partial charge on any atom is -0.354 e. The quantitative estimate of drug-likeness (QED) is 0.728. The zero-order chi connectivity index (χ0) is 18.4. The third-order valence-corrected chi connectivity index (χ3v) is 6.10. The molecule has 4 heterocycles. The van der Waals surface area contributed by atoms with E-state index in [-0.39, 0.29) is 5.54 Å². The lowest BCUT2D eigenvalue weighted by Gasteiger charge is -2.37. The second-order valence-corrected chi connectivity index (χ2v) is 7.71. The van der Waals surface area contributed by atoms with E-state index in [4.69, 9.17) is 5.73 Å². The lowest BCUT2D eigenvalue weighted by Crippen LogP contribution is -2.44. The van der Waals surface area contributed by atoms with Crippen LogP contribution in [0.25, 0.3) is 11.0 Å². The highest BCUT2D eigenvalue weighted by Crippen LogP contribution is 2.37. The molecule has 0 radical (unpaired) electrons. The summed E-state index contributed by atoms with van der Waals surface area (Å²) >= 11 is 0. The van der Waals surface area contributed by atoms with Crippen LogP contribution in [-0.2, 0) is 5.54 Å². The molecule has 2 aliphatic rings. The maximum atomic E-state index is 6.35. The summed E-state index contributed by atoms with van der Waals surface area (Å²) in [5.74, 6) is 1.89. The second kappa shape index (κ2) is 6.16. The normalized spacial score (nSPS) is 21.4. The number of hydrogen-bond donors (Lipinski definition) is 2. The Balaban J connectivity index is 1.32. The molecule has 140 valence electrons. The molecule has 8 heteroatoms. The second-order valence-electron chi connectivity index (χ2n) is 7.71. The van der Waals surface area contributed by atoms with Gasteiger partial charge in [0, 0.05) is 32.4 Å². The average Bonchev–Trinajstić information content (AvgIpc) is 3.35. The molecule has 0 amide bonds. The molecular formula is C19H24N8. The predicted molar refractivity (Wildman–Crippen MR) is 105 cm³/mol. The summed E-state index contributed by atoms with van der Waals surface area (Å²) in [4.78, 5) is 25.7. The molecule has 1 aliphatic carbocycles. The Kier molecular flexibility index (Phi) is 3.75. The summed E-state index contributed by atoms with van der Waals surface area (Å²) in [5.41, 5.74) is 7.88. The number of H-pyrrole nitrogens is 1. The smallest absolute Gasteiger partial charge is 0.147 e. The van der Waals surface area contributed by atoms with Crippen molar-refractivity contribution in [2.24, 2.45) is 5.73 Å². The first-order chi connectivity index (χ1) is 13.1. The van der Waals surface area contributed by atoms with Crippen molar-refractivity contribution in [3.63, 3.8) is 0 Å². The largest absolute Gasteiger partial charge is 0.354 e. The molecule has 1 aliphatic heterocycles. The third-order valence-electron chi connectivity index (χ3n) is 6.10. The fourth-order valence-electron chi connectivity index (χ4n) is 4.12. The average molecular weight is 364 g/mol. The highest BCUT2D eigenvalue weighted by Gasteiger charge is 2.36. The minimum atomic E-state index is -0.261. The first kappa shape index (κ1) is 16.4. The molecule has 0 unspecified atom stereocenters. The van der Waals surface area contributed by atoms with Crippen LogP contribution in [0.15, 0.2) is 31.0 Å². The lowest BCUT2D eigenvalue weighted by molar-refractivity contribution is 0.245. The summed E-state index contributed by atoms with van der Waals surface area (Å²) in [7, 11) is 2.09. The van der Waals surface area contributed by atoms with Crippen molar-refractivity contribution >= 4 is 22.7 Å². The van der Waals surface area contributed by atoms with E-state index < -0.39 is 0 Å². The van der Waals surface area contributed by atoms with Gasteiger partial charge in [-0.1, -0.05) is 0 Å². The molecule has 0 bridgehead atoms. The van der Waals surface area contributed by atoms with E-state index in [1.807, 2.05) is 24.7 Å². The molecular weight excluding hydrogens is 340 g/mol. The lowest BCUT2D eigenvalue weighted by atomic mass is 9.75. The molecule has 5 rings (SSSR count). The van der Waals surface area contributed by atoms with Crippen LogP contribution >= 0.6 is 0 Å². The van der Waals surface area contributed by atoms with E-state index in [1.54, 1.807) is 6.33 Å². The number of nitrogens with two attached hydrogens (primary N) is 1. The van der Waals surface area contributed by atoms with E-state index in [2.05, 4.69) is 41.8 Å². The van der Waals surface area contributed by atoms with Gasteiger partial charge in [-0.05, 0) is 31.7 Å².